The number of rotatable bonds is 8. The van der Waals surface area contributed by atoms with Crippen molar-refractivity contribution >= 4 is 11.6 Å². The van der Waals surface area contributed by atoms with Gasteiger partial charge in [-0.2, -0.15) is 0 Å². The molecule has 5 heteroatoms. The first kappa shape index (κ1) is 17.5. The normalized spacial score (nSPS) is 15.9. The number of imidazole rings is 1. The maximum Gasteiger partial charge on any atom is 0.221 e. The molecule has 1 heterocycles. The molecule has 1 fully saturated rings. The number of amides is 1. The second kappa shape index (κ2) is 8.70. The molecule has 1 amide bonds. The Kier molecular flexibility index (Phi) is 6.09. The van der Waals surface area contributed by atoms with E-state index in [1.165, 1.54) is 39.0 Å². The van der Waals surface area contributed by atoms with E-state index < -0.39 is 0 Å². The van der Waals surface area contributed by atoms with Gasteiger partial charge in [-0.25, -0.2) is 4.98 Å². The first-order chi connectivity index (χ1) is 12.2. The van der Waals surface area contributed by atoms with Crippen molar-refractivity contribution in [3.8, 4) is 5.75 Å². The molecule has 2 aromatic rings. The zero-order valence-electron chi connectivity index (χ0n) is 14.9. The monoisotopic (exact) mass is 341 g/mol. The van der Waals surface area contributed by atoms with E-state index >= 15 is 0 Å². The van der Waals surface area contributed by atoms with Crippen LogP contribution in [0.25, 0.3) is 0 Å². The van der Waals surface area contributed by atoms with Gasteiger partial charge in [-0.05, 0) is 43.0 Å². The highest BCUT2D eigenvalue weighted by Crippen LogP contribution is 2.30. The first-order valence-electron chi connectivity index (χ1n) is 9.19. The van der Waals surface area contributed by atoms with Crippen molar-refractivity contribution in [2.45, 2.75) is 58.1 Å². The molecular formula is C20H27N3O2. The molecule has 1 saturated carbocycles. The molecule has 0 radical (unpaired) electrons. The van der Waals surface area contributed by atoms with Crippen molar-refractivity contribution in [2.75, 3.05) is 5.32 Å². The number of ether oxygens (including phenoxy) is 1. The van der Waals surface area contributed by atoms with Gasteiger partial charge < -0.3 is 14.6 Å². The zero-order chi connectivity index (χ0) is 17.5. The van der Waals surface area contributed by atoms with Crippen LogP contribution < -0.4 is 10.1 Å². The van der Waals surface area contributed by atoms with E-state index in [2.05, 4.69) is 14.9 Å². The molecule has 134 valence electrons. The topological polar surface area (TPSA) is 56.1 Å². The number of carbonyl (C=O) groups is 1. The van der Waals surface area contributed by atoms with Gasteiger partial charge in [-0.3, -0.25) is 4.79 Å². The molecule has 25 heavy (non-hydrogen) atoms. The van der Waals surface area contributed by atoms with Crippen LogP contribution in [0.1, 0.15) is 45.4 Å². The van der Waals surface area contributed by atoms with Crippen molar-refractivity contribution in [2.24, 2.45) is 5.92 Å². The molecule has 1 aliphatic carbocycles. The van der Waals surface area contributed by atoms with Gasteiger partial charge in [0.25, 0.3) is 0 Å². The molecule has 0 aliphatic heterocycles. The average Bonchev–Trinajstić information content (AvgIpc) is 3.27. The van der Waals surface area contributed by atoms with E-state index in [9.17, 15) is 4.79 Å². The number of nitrogens with zero attached hydrogens (tertiary/aromatic N) is 2. The molecular weight excluding hydrogens is 314 g/mol. The fraction of sp³-hybridized carbons (Fsp3) is 0.500. The number of anilines is 1. The number of carbonyl (C=O) groups excluding carboxylic acids is 1. The standard InChI is InChI=1S/C20H27N3O2/c1-16(24)22-18-7-10-19(11-8-18)25-20(14-23-13-12-21-15-23)9-6-17-4-2-3-5-17/h7-8,10-13,15,17,20H,2-6,9,14H2,1H3,(H,22,24). The molecule has 3 rings (SSSR count). The van der Waals surface area contributed by atoms with Gasteiger partial charge in [0, 0.05) is 25.0 Å². The quantitative estimate of drug-likeness (QED) is 0.780. The number of nitrogens with one attached hydrogen (secondary N) is 1. The van der Waals surface area contributed by atoms with Crippen molar-refractivity contribution < 1.29 is 9.53 Å². The van der Waals surface area contributed by atoms with E-state index in [-0.39, 0.29) is 12.0 Å². The summed E-state index contributed by atoms with van der Waals surface area (Å²) in [6.07, 6.45) is 13.5. The minimum absolute atomic E-state index is 0.0665. The Morgan fingerprint density at radius 3 is 2.72 bits per heavy atom. The van der Waals surface area contributed by atoms with Gasteiger partial charge in [0.2, 0.25) is 5.91 Å². The first-order valence-corrected chi connectivity index (χ1v) is 9.19. The van der Waals surface area contributed by atoms with Gasteiger partial charge in [-0.1, -0.05) is 25.7 Å². The lowest BCUT2D eigenvalue weighted by molar-refractivity contribution is -0.114. The predicted molar refractivity (Wildman–Crippen MR) is 98.6 cm³/mol. The van der Waals surface area contributed by atoms with Crippen molar-refractivity contribution in [3.63, 3.8) is 0 Å². The molecule has 1 aliphatic rings. The van der Waals surface area contributed by atoms with E-state index in [4.69, 9.17) is 4.74 Å². The van der Waals surface area contributed by atoms with Crippen LogP contribution in [-0.2, 0) is 11.3 Å². The zero-order valence-corrected chi connectivity index (χ0v) is 14.9. The molecule has 0 saturated heterocycles. The summed E-state index contributed by atoms with van der Waals surface area (Å²) in [4.78, 5) is 15.2. The molecule has 1 aromatic carbocycles. The summed E-state index contributed by atoms with van der Waals surface area (Å²) in [5.41, 5.74) is 0.789. The maximum absolute atomic E-state index is 11.1. The Morgan fingerprint density at radius 1 is 1.32 bits per heavy atom. The third-order valence-electron chi connectivity index (χ3n) is 4.82. The van der Waals surface area contributed by atoms with E-state index in [1.54, 1.807) is 6.20 Å². The smallest absolute Gasteiger partial charge is 0.221 e. The van der Waals surface area contributed by atoms with Crippen LogP contribution in [0.3, 0.4) is 0 Å². The van der Waals surface area contributed by atoms with Gasteiger partial charge >= 0.3 is 0 Å². The Hall–Kier alpha value is -2.30. The van der Waals surface area contributed by atoms with Gasteiger partial charge in [0.1, 0.15) is 11.9 Å². The lowest BCUT2D eigenvalue weighted by Gasteiger charge is -2.21. The Morgan fingerprint density at radius 2 is 2.08 bits per heavy atom. The highest BCUT2D eigenvalue weighted by Gasteiger charge is 2.19. The summed E-state index contributed by atoms with van der Waals surface area (Å²) in [5, 5.41) is 2.78. The van der Waals surface area contributed by atoms with E-state index in [0.717, 1.165) is 30.3 Å². The lowest BCUT2D eigenvalue weighted by Crippen LogP contribution is -2.23. The number of hydrogen-bond donors (Lipinski definition) is 1. The third-order valence-corrected chi connectivity index (χ3v) is 4.82. The van der Waals surface area contributed by atoms with Gasteiger partial charge in [0.05, 0.1) is 12.9 Å². The van der Waals surface area contributed by atoms with Gasteiger partial charge in [0.15, 0.2) is 0 Å². The van der Waals surface area contributed by atoms with Crippen molar-refractivity contribution in [1.82, 2.24) is 9.55 Å². The number of hydrogen-bond acceptors (Lipinski definition) is 3. The summed E-state index contributed by atoms with van der Waals surface area (Å²) in [7, 11) is 0. The Labute approximate surface area is 149 Å². The summed E-state index contributed by atoms with van der Waals surface area (Å²) in [6, 6.07) is 7.59. The molecule has 0 bridgehead atoms. The highest BCUT2D eigenvalue weighted by molar-refractivity contribution is 5.88. The van der Waals surface area contributed by atoms with Crippen molar-refractivity contribution in [1.29, 1.82) is 0 Å². The number of aromatic nitrogens is 2. The Bertz CT molecular complexity index is 646. The summed E-state index contributed by atoms with van der Waals surface area (Å²) in [6.45, 7) is 2.31. The van der Waals surface area contributed by atoms with E-state index in [1.807, 2.05) is 36.8 Å². The summed E-state index contributed by atoms with van der Waals surface area (Å²) >= 11 is 0. The lowest BCUT2D eigenvalue weighted by atomic mass is 9.99. The molecule has 5 nitrogen and oxygen atoms in total. The Balaban J connectivity index is 1.60. The van der Waals surface area contributed by atoms with Gasteiger partial charge in [-0.15, -0.1) is 0 Å². The summed E-state index contributed by atoms with van der Waals surface area (Å²) in [5.74, 6) is 1.63. The average molecular weight is 341 g/mol. The van der Waals surface area contributed by atoms with Crippen molar-refractivity contribution in [3.05, 3.63) is 43.0 Å². The summed E-state index contributed by atoms with van der Waals surface area (Å²) < 4.78 is 8.32. The van der Waals surface area contributed by atoms with Crippen LogP contribution in [0.5, 0.6) is 5.75 Å². The van der Waals surface area contributed by atoms with Crippen LogP contribution in [-0.4, -0.2) is 21.6 Å². The molecule has 1 aromatic heterocycles. The predicted octanol–water partition coefficient (Wildman–Crippen LogP) is 4.26. The number of benzene rings is 1. The fourth-order valence-electron chi connectivity index (χ4n) is 3.55. The second-order valence-electron chi connectivity index (χ2n) is 6.93. The highest BCUT2D eigenvalue weighted by atomic mass is 16.5. The maximum atomic E-state index is 11.1. The van der Waals surface area contributed by atoms with Crippen LogP contribution in [0.2, 0.25) is 0 Å². The van der Waals surface area contributed by atoms with Crippen LogP contribution in [0.4, 0.5) is 5.69 Å². The van der Waals surface area contributed by atoms with Crippen LogP contribution >= 0.6 is 0 Å². The van der Waals surface area contributed by atoms with Crippen LogP contribution in [0.15, 0.2) is 43.0 Å². The second-order valence-corrected chi connectivity index (χ2v) is 6.93. The third kappa shape index (κ3) is 5.62. The minimum atomic E-state index is -0.0665. The largest absolute Gasteiger partial charge is 0.489 e. The SMILES string of the molecule is CC(=O)Nc1ccc(OC(CCC2CCCC2)Cn2ccnc2)cc1. The van der Waals surface area contributed by atoms with Crippen LogP contribution in [0, 0.1) is 5.92 Å². The fourth-order valence-corrected chi connectivity index (χ4v) is 3.55. The molecule has 1 atom stereocenters. The van der Waals surface area contributed by atoms with E-state index in [0.29, 0.717) is 0 Å². The molecule has 0 spiro atoms. The molecule has 1 unspecified atom stereocenters. The minimum Gasteiger partial charge on any atom is -0.489 e. The molecule has 1 N–H and O–H groups in total.